The summed E-state index contributed by atoms with van der Waals surface area (Å²) >= 11 is 0. The highest BCUT2D eigenvalue weighted by atomic mass is 16.5. The molecule has 1 heterocycles. The Balaban J connectivity index is 2.60. The molecule has 2 rings (SSSR count). The second-order valence-corrected chi connectivity index (χ2v) is 4.69. The number of rotatable bonds is 5. The van der Waals surface area contributed by atoms with Gasteiger partial charge >= 0.3 is 11.9 Å². The van der Waals surface area contributed by atoms with Crippen LogP contribution in [0.15, 0.2) is 18.2 Å². The standard InChI is InChI=1S/C15H18N2O4/c1-4-13-16-11-7-6-10(14(18)19)8-12(11)17(13)9(3)15(20)21-5-2/h6-9H,4-5H2,1-3H3,(H,18,19). The summed E-state index contributed by atoms with van der Waals surface area (Å²) in [5, 5.41) is 9.11. The van der Waals surface area contributed by atoms with E-state index in [0.717, 1.165) is 5.82 Å². The maximum atomic E-state index is 12.0. The van der Waals surface area contributed by atoms with E-state index in [1.807, 2.05) is 6.92 Å². The van der Waals surface area contributed by atoms with Gasteiger partial charge in [0.15, 0.2) is 0 Å². The van der Waals surface area contributed by atoms with Crippen LogP contribution in [0.25, 0.3) is 11.0 Å². The number of carboxylic acids is 1. The van der Waals surface area contributed by atoms with Gasteiger partial charge < -0.3 is 14.4 Å². The number of fused-ring (bicyclic) bond motifs is 1. The number of benzene rings is 1. The summed E-state index contributed by atoms with van der Waals surface area (Å²) in [7, 11) is 0. The van der Waals surface area contributed by atoms with Crippen LogP contribution in [0.2, 0.25) is 0 Å². The van der Waals surface area contributed by atoms with E-state index in [0.29, 0.717) is 24.1 Å². The normalized spacial score (nSPS) is 12.3. The average Bonchev–Trinajstić information content (AvgIpc) is 2.83. The van der Waals surface area contributed by atoms with Gasteiger partial charge in [-0.3, -0.25) is 0 Å². The lowest BCUT2D eigenvalue weighted by molar-refractivity contribution is -0.146. The van der Waals surface area contributed by atoms with Crippen LogP contribution in [0, 0.1) is 0 Å². The third-order valence-corrected chi connectivity index (χ3v) is 3.34. The predicted octanol–water partition coefficient (Wildman–Crippen LogP) is 2.42. The van der Waals surface area contributed by atoms with Gasteiger partial charge in [-0.15, -0.1) is 0 Å². The third kappa shape index (κ3) is 2.74. The monoisotopic (exact) mass is 290 g/mol. The Kier molecular flexibility index (Phi) is 4.26. The number of carbonyl (C=O) groups excluding carboxylic acids is 1. The second-order valence-electron chi connectivity index (χ2n) is 4.69. The number of aromatic carboxylic acids is 1. The number of hydrogen-bond donors (Lipinski definition) is 1. The van der Waals surface area contributed by atoms with Gasteiger partial charge in [-0.25, -0.2) is 14.6 Å². The van der Waals surface area contributed by atoms with Crippen molar-refractivity contribution in [2.24, 2.45) is 0 Å². The summed E-state index contributed by atoms with van der Waals surface area (Å²) in [6.45, 7) is 5.72. The molecule has 1 N–H and O–H groups in total. The minimum atomic E-state index is -1.01. The van der Waals surface area contributed by atoms with Crippen molar-refractivity contribution in [3.05, 3.63) is 29.6 Å². The molecule has 0 radical (unpaired) electrons. The van der Waals surface area contributed by atoms with E-state index >= 15 is 0 Å². The Morgan fingerprint density at radius 2 is 2.10 bits per heavy atom. The van der Waals surface area contributed by atoms with Crippen molar-refractivity contribution in [2.75, 3.05) is 6.61 Å². The first kappa shape index (κ1) is 15.0. The molecule has 0 saturated carbocycles. The van der Waals surface area contributed by atoms with Crippen LogP contribution in [0.4, 0.5) is 0 Å². The molecular formula is C15H18N2O4. The summed E-state index contributed by atoms with van der Waals surface area (Å²) in [6.07, 6.45) is 0.640. The SMILES string of the molecule is CCOC(=O)C(C)n1c(CC)nc2ccc(C(=O)O)cc21. The second kappa shape index (κ2) is 5.95. The molecule has 1 aromatic heterocycles. The number of hydrogen-bond acceptors (Lipinski definition) is 4. The van der Waals surface area contributed by atoms with Crippen molar-refractivity contribution in [1.29, 1.82) is 0 Å². The first-order valence-electron chi connectivity index (χ1n) is 6.90. The summed E-state index contributed by atoms with van der Waals surface area (Å²) in [4.78, 5) is 27.6. The van der Waals surface area contributed by atoms with E-state index in [-0.39, 0.29) is 11.5 Å². The van der Waals surface area contributed by atoms with Gasteiger partial charge in [0.1, 0.15) is 11.9 Å². The van der Waals surface area contributed by atoms with Crippen LogP contribution in [0.5, 0.6) is 0 Å². The summed E-state index contributed by atoms with van der Waals surface area (Å²) in [5.74, 6) is -0.633. The molecule has 1 aromatic carbocycles. The molecule has 0 fully saturated rings. The molecule has 0 aliphatic rings. The number of ether oxygens (including phenoxy) is 1. The van der Waals surface area contributed by atoms with Gasteiger partial charge in [0.2, 0.25) is 0 Å². The van der Waals surface area contributed by atoms with Crippen LogP contribution in [-0.4, -0.2) is 33.2 Å². The maximum Gasteiger partial charge on any atom is 0.335 e. The van der Waals surface area contributed by atoms with Crippen LogP contribution in [0.3, 0.4) is 0 Å². The lowest BCUT2D eigenvalue weighted by Crippen LogP contribution is -2.21. The maximum absolute atomic E-state index is 12.0. The van der Waals surface area contributed by atoms with Gasteiger partial charge in [-0.1, -0.05) is 6.92 Å². The molecule has 0 bridgehead atoms. The largest absolute Gasteiger partial charge is 0.478 e. The predicted molar refractivity (Wildman–Crippen MR) is 77.4 cm³/mol. The highest BCUT2D eigenvalue weighted by molar-refractivity contribution is 5.93. The van der Waals surface area contributed by atoms with E-state index in [1.54, 1.807) is 30.5 Å². The number of nitrogens with zero attached hydrogens (tertiary/aromatic N) is 2. The average molecular weight is 290 g/mol. The lowest BCUT2D eigenvalue weighted by Gasteiger charge is -2.15. The highest BCUT2D eigenvalue weighted by Crippen LogP contribution is 2.24. The van der Waals surface area contributed by atoms with Crippen molar-refractivity contribution in [2.45, 2.75) is 33.2 Å². The summed E-state index contributed by atoms with van der Waals surface area (Å²) < 4.78 is 6.80. The van der Waals surface area contributed by atoms with Gasteiger partial charge in [-0.2, -0.15) is 0 Å². The van der Waals surface area contributed by atoms with Crippen LogP contribution < -0.4 is 0 Å². The van der Waals surface area contributed by atoms with Crippen molar-refractivity contribution in [3.63, 3.8) is 0 Å². The fraction of sp³-hybridized carbons (Fsp3) is 0.400. The fourth-order valence-corrected chi connectivity index (χ4v) is 2.33. The van der Waals surface area contributed by atoms with E-state index < -0.39 is 12.0 Å². The molecular weight excluding hydrogens is 272 g/mol. The first-order valence-corrected chi connectivity index (χ1v) is 6.90. The smallest absolute Gasteiger partial charge is 0.335 e. The molecule has 0 spiro atoms. The van der Waals surface area contributed by atoms with Gasteiger partial charge in [0.25, 0.3) is 0 Å². The topological polar surface area (TPSA) is 81.4 Å². The molecule has 6 heteroatoms. The molecule has 1 atom stereocenters. The minimum Gasteiger partial charge on any atom is -0.478 e. The number of esters is 1. The Morgan fingerprint density at radius 3 is 2.67 bits per heavy atom. The minimum absolute atomic E-state index is 0.169. The molecule has 112 valence electrons. The van der Waals surface area contributed by atoms with E-state index in [9.17, 15) is 9.59 Å². The third-order valence-electron chi connectivity index (χ3n) is 3.34. The number of aryl methyl sites for hydroxylation is 1. The fourth-order valence-electron chi connectivity index (χ4n) is 2.33. The Bertz CT molecular complexity index is 690. The first-order chi connectivity index (χ1) is 9.99. The van der Waals surface area contributed by atoms with Crippen LogP contribution in [0.1, 0.15) is 43.0 Å². The molecule has 0 saturated heterocycles. The quantitative estimate of drug-likeness (QED) is 0.855. The Morgan fingerprint density at radius 1 is 1.38 bits per heavy atom. The van der Waals surface area contributed by atoms with Crippen LogP contribution in [-0.2, 0) is 16.0 Å². The number of imidazole rings is 1. The van der Waals surface area contributed by atoms with Crippen molar-refractivity contribution in [1.82, 2.24) is 9.55 Å². The Labute approximate surface area is 122 Å². The molecule has 0 aliphatic carbocycles. The Hall–Kier alpha value is -2.37. The molecule has 2 aromatic rings. The highest BCUT2D eigenvalue weighted by Gasteiger charge is 2.22. The van der Waals surface area contributed by atoms with E-state index in [1.165, 1.54) is 6.07 Å². The zero-order valence-electron chi connectivity index (χ0n) is 12.3. The zero-order chi connectivity index (χ0) is 15.6. The van der Waals surface area contributed by atoms with Crippen molar-refractivity contribution in [3.8, 4) is 0 Å². The lowest BCUT2D eigenvalue weighted by atomic mass is 10.2. The van der Waals surface area contributed by atoms with Gasteiger partial charge in [-0.05, 0) is 32.0 Å². The number of carboxylic acid groups (broad SMARTS) is 1. The van der Waals surface area contributed by atoms with Crippen molar-refractivity contribution >= 4 is 23.0 Å². The molecule has 1 unspecified atom stereocenters. The summed E-state index contributed by atoms with van der Waals surface area (Å²) in [5.41, 5.74) is 1.47. The molecule has 21 heavy (non-hydrogen) atoms. The molecule has 6 nitrogen and oxygen atoms in total. The van der Waals surface area contributed by atoms with Crippen molar-refractivity contribution < 1.29 is 19.4 Å². The number of aromatic nitrogens is 2. The van der Waals surface area contributed by atoms with E-state index in [2.05, 4.69) is 4.98 Å². The molecule has 0 aliphatic heterocycles. The van der Waals surface area contributed by atoms with Gasteiger partial charge in [0, 0.05) is 6.42 Å². The summed E-state index contributed by atoms with van der Waals surface area (Å²) in [6, 6.07) is 4.16. The van der Waals surface area contributed by atoms with E-state index in [4.69, 9.17) is 9.84 Å². The zero-order valence-corrected chi connectivity index (χ0v) is 12.3. The molecule has 0 amide bonds. The number of carbonyl (C=O) groups is 2. The van der Waals surface area contributed by atoms with Gasteiger partial charge in [0.05, 0.1) is 23.2 Å². The van der Waals surface area contributed by atoms with Crippen LogP contribution >= 0.6 is 0 Å².